The van der Waals surface area contributed by atoms with Gasteiger partial charge in [-0.25, -0.2) is 9.59 Å². The Kier molecular flexibility index (Phi) is 9.73. The average molecular weight is 606 g/mol. The highest BCUT2D eigenvalue weighted by molar-refractivity contribution is 6.01. The van der Waals surface area contributed by atoms with E-state index in [4.69, 9.17) is 18.9 Å². The SMILES string of the molecule is COC(=O)c1ccc2c(CN3C(=O)[C@@H](NC[C@H](C)N(C)C(=O)OC(C)(C)C)[C@H](C)Oc4cc(C)ccc43)c(OC)ccc2c1. The van der Waals surface area contributed by atoms with Crippen molar-refractivity contribution in [3.63, 3.8) is 0 Å². The topological polar surface area (TPSA) is 107 Å². The molecule has 236 valence electrons. The molecule has 0 aromatic heterocycles. The molecule has 1 heterocycles. The van der Waals surface area contributed by atoms with E-state index in [1.54, 1.807) is 31.2 Å². The minimum Gasteiger partial charge on any atom is -0.496 e. The number of amides is 2. The molecule has 1 aliphatic heterocycles. The predicted molar refractivity (Wildman–Crippen MR) is 170 cm³/mol. The van der Waals surface area contributed by atoms with Crippen molar-refractivity contribution in [1.82, 2.24) is 10.2 Å². The molecule has 0 spiro atoms. The molecule has 3 aromatic rings. The number of carbonyl (C=O) groups is 3. The van der Waals surface area contributed by atoms with E-state index in [0.29, 0.717) is 29.3 Å². The van der Waals surface area contributed by atoms with Crippen molar-refractivity contribution in [2.75, 3.05) is 32.7 Å². The Morgan fingerprint density at radius 2 is 1.82 bits per heavy atom. The highest BCUT2D eigenvalue weighted by Crippen LogP contribution is 2.38. The van der Waals surface area contributed by atoms with Crippen LogP contribution in [0.4, 0.5) is 10.5 Å². The Morgan fingerprint density at radius 1 is 1.09 bits per heavy atom. The Hall–Kier alpha value is -4.31. The van der Waals surface area contributed by atoms with Crippen molar-refractivity contribution in [2.24, 2.45) is 0 Å². The molecule has 44 heavy (non-hydrogen) atoms. The van der Waals surface area contributed by atoms with Gasteiger partial charge in [-0.05, 0) is 88.2 Å². The van der Waals surface area contributed by atoms with Gasteiger partial charge in [-0.3, -0.25) is 4.79 Å². The van der Waals surface area contributed by atoms with Crippen LogP contribution in [0.3, 0.4) is 0 Å². The van der Waals surface area contributed by atoms with Crippen LogP contribution in [0.2, 0.25) is 0 Å². The van der Waals surface area contributed by atoms with E-state index in [2.05, 4.69) is 5.32 Å². The molecule has 4 rings (SSSR count). The summed E-state index contributed by atoms with van der Waals surface area (Å²) in [6.45, 7) is 11.7. The molecule has 0 aliphatic carbocycles. The third-order valence-electron chi connectivity index (χ3n) is 7.74. The van der Waals surface area contributed by atoms with E-state index in [0.717, 1.165) is 21.9 Å². The zero-order valence-electron chi connectivity index (χ0n) is 27.0. The first-order valence-electron chi connectivity index (χ1n) is 14.7. The summed E-state index contributed by atoms with van der Waals surface area (Å²) < 4.78 is 22.6. The second-order valence-electron chi connectivity index (χ2n) is 12.2. The molecule has 1 aliphatic rings. The van der Waals surface area contributed by atoms with Crippen LogP contribution < -0.4 is 19.7 Å². The summed E-state index contributed by atoms with van der Waals surface area (Å²) in [6, 6.07) is 13.8. The van der Waals surface area contributed by atoms with Crippen LogP contribution in [0, 0.1) is 6.92 Å². The number of anilines is 1. The maximum atomic E-state index is 14.4. The van der Waals surface area contributed by atoms with Gasteiger partial charge < -0.3 is 34.1 Å². The van der Waals surface area contributed by atoms with Gasteiger partial charge >= 0.3 is 12.1 Å². The molecule has 3 aromatic carbocycles. The Bertz CT molecular complexity index is 1550. The number of fused-ring (bicyclic) bond motifs is 2. The minimum absolute atomic E-state index is 0.183. The van der Waals surface area contributed by atoms with E-state index < -0.39 is 29.8 Å². The van der Waals surface area contributed by atoms with Crippen molar-refractivity contribution in [3.8, 4) is 11.5 Å². The zero-order valence-corrected chi connectivity index (χ0v) is 27.0. The highest BCUT2D eigenvalue weighted by Gasteiger charge is 2.37. The van der Waals surface area contributed by atoms with Crippen molar-refractivity contribution < 1.29 is 33.3 Å². The molecule has 0 fully saturated rings. The number of likely N-dealkylation sites (N-methyl/N-ethyl adjacent to an activating group) is 1. The maximum absolute atomic E-state index is 14.4. The largest absolute Gasteiger partial charge is 0.496 e. The monoisotopic (exact) mass is 605 g/mol. The minimum atomic E-state index is -0.718. The first-order chi connectivity index (χ1) is 20.7. The van der Waals surface area contributed by atoms with Crippen LogP contribution in [-0.2, 0) is 20.8 Å². The van der Waals surface area contributed by atoms with Gasteiger partial charge in [0.25, 0.3) is 0 Å². The van der Waals surface area contributed by atoms with Crippen LogP contribution >= 0.6 is 0 Å². The quantitative estimate of drug-likeness (QED) is 0.337. The lowest BCUT2D eigenvalue weighted by molar-refractivity contribution is -0.122. The van der Waals surface area contributed by atoms with Crippen LogP contribution in [0.15, 0.2) is 48.5 Å². The van der Waals surface area contributed by atoms with Gasteiger partial charge in [0.05, 0.1) is 32.0 Å². The van der Waals surface area contributed by atoms with Gasteiger partial charge in [0.15, 0.2) is 0 Å². The number of esters is 1. The maximum Gasteiger partial charge on any atom is 0.410 e. The van der Waals surface area contributed by atoms with E-state index in [-0.39, 0.29) is 18.5 Å². The summed E-state index contributed by atoms with van der Waals surface area (Å²) in [5.74, 6) is 0.599. The number of nitrogens with zero attached hydrogens (tertiary/aromatic N) is 2. The molecular weight excluding hydrogens is 562 g/mol. The number of benzene rings is 3. The van der Waals surface area contributed by atoms with E-state index in [1.165, 1.54) is 12.0 Å². The van der Waals surface area contributed by atoms with Gasteiger partial charge in [-0.15, -0.1) is 0 Å². The second-order valence-corrected chi connectivity index (χ2v) is 12.2. The van der Waals surface area contributed by atoms with Gasteiger partial charge in [0.1, 0.15) is 29.2 Å². The van der Waals surface area contributed by atoms with E-state index in [1.807, 2.05) is 77.9 Å². The average Bonchev–Trinajstić information content (AvgIpc) is 3.06. The molecule has 10 heteroatoms. The third kappa shape index (κ3) is 7.07. The van der Waals surface area contributed by atoms with Crippen molar-refractivity contribution in [2.45, 2.75) is 71.9 Å². The van der Waals surface area contributed by atoms with Crippen LogP contribution in [0.25, 0.3) is 10.8 Å². The van der Waals surface area contributed by atoms with Crippen LogP contribution in [0.1, 0.15) is 56.1 Å². The number of ether oxygens (including phenoxy) is 4. The van der Waals surface area contributed by atoms with E-state index >= 15 is 0 Å². The van der Waals surface area contributed by atoms with Crippen molar-refractivity contribution in [3.05, 3.63) is 65.2 Å². The lowest BCUT2D eigenvalue weighted by Gasteiger charge is -2.31. The summed E-state index contributed by atoms with van der Waals surface area (Å²) in [6.07, 6.45) is -0.949. The predicted octanol–water partition coefficient (Wildman–Crippen LogP) is 5.47. The Balaban J connectivity index is 1.69. The number of aryl methyl sites for hydroxylation is 1. The van der Waals surface area contributed by atoms with Gasteiger partial charge in [0.2, 0.25) is 5.91 Å². The summed E-state index contributed by atoms with van der Waals surface area (Å²) >= 11 is 0. The van der Waals surface area contributed by atoms with Gasteiger partial charge in [0, 0.05) is 25.2 Å². The molecule has 0 unspecified atom stereocenters. The molecular formula is C34H43N3O7. The van der Waals surface area contributed by atoms with E-state index in [9.17, 15) is 14.4 Å². The highest BCUT2D eigenvalue weighted by atomic mass is 16.6. The molecule has 0 radical (unpaired) electrons. The van der Waals surface area contributed by atoms with Crippen molar-refractivity contribution in [1.29, 1.82) is 0 Å². The summed E-state index contributed by atoms with van der Waals surface area (Å²) in [4.78, 5) is 42.5. The number of hydrogen-bond acceptors (Lipinski definition) is 8. The standard InChI is InChI=1S/C34H43N3O7/c1-20-10-14-27-29(16-20)43-22(3)30(35-18-21(2)36(7)33(40)44-34(4,5)6)31(38)37(27)19-26-25-13-11-24(32(39)42-9)17-23(25)12-15-28(26)41-8/h10-17,21-22,30,35H,18-19H2,1-9H3/t21-,22-,30-/m0/s1. The fraction of sp³-hybridized carbons (Fsp3) is 0.441. The molecule has 2 amide bonds. The summed E-state index contributed by atoms with van der Waals surface area (Å²) in [5, 5.41) is 5.02. The molecule has 1 N–H and O–H groups in total. The smallest absolute Gasteiger partial charge is 0.410 e. The lowest BCUT2D eigenvalue weighted by Crippen LogP contribution is -2.55. The third-order valence-corrected chi connectivity index (χ3v) is 7.74. The normalized spacial score (nSPS) is 17.3. The number of hydrogen-bond donors (Lipinski definition) is 1. The number of nitrogens with one attached hydrogen (secondary N) is 1. The number of methoxy groups -OCH3 is 2. The first-order valence-corrected chi connectivity index (χ1v) is 14.7. The Morgan fingerprint density at radius 3 is 2.48 bits per heavy atom. The summed E-state index contributed by atoms with van der Waals surface area (Å²) in [5.41, 5.74) is 2.24. The molecule has 0 saturated carbocycles. The fourth-order valence-electron chi connectivity index (χ4n) is 5.19. The molecule has 10 nitrogen and oxygen atoms in total. The van der Waals surface area contributed by atoms with Gasteiger partial charge in [-0.2, -0.15) is 0 Å². The van der Waals surface area contributed by atoms with Crippen LogP contribution in [-0.4, -0.2) is 74.5 Å². The van der Waals surface area contributed by atoms with Crippen molar-refractivity contribution >= 4 is 34.4 Å². The zero-order chi connectivity index (χ0) is 32.3. The Labute approximate surface area is 259 Å². The molecule has 0 saturated heterocycles. The second kappa shape index (κ2) is 13.1. The number of carbonyl (C=O) groups excluding carboxylic acids is 3. The number of rotatable bonds is 8. The molecule has 0 bridgehead atoms. The fourth-order valence-corrected chi connectivity index (χ4v) is 5.19. The summed E-state index contributed by atoms with van der Waals surface area (Å²) in [7, 11) is 4.62. The van der Waals surface area contributed by atoms with Crippen LogP contribution in [0.5, 0.6) is 11.5 Å². The first kappa shape index (κ1) is 32.6. The van der Waals surface area contributed by atoms with Gasteiger partial charge in [-0.1, -0.05) is 18.2 Å². The molecule has 3 atom stereocenters. The lowest BCUT2D eigenvalue weighted by atomic mass is 10.00.